The zero-order valence-corrected chi connectivity index (χ0v) is 22.1. The van der Waals surface area contributed by atoms with Gasteiger partial charge in [-0.1, -0.05) is 60.7 Å². The lowest BCUT2D eigenvalue weighted by Crippen LogP contribution is -2.64. The number of aliphatic hydroxyl groups is 1. The largest absolute Gasteiger partial charge is 0.456 e. The molecule has 1 aliphatic heterocycles. The number of benzene rings is 2. The molecule has 38 heavy (non-hydrogen) atoms. The smallest absolute Gasteiger partial charge is 0.305 e. The molecule has 204 valence electrons. The molecule has 0 spiro atoms. The van der Waals surface area contributed by atoms with Gasteiger partial charge in [-0.3, -0.25) is 19.2 Å². The number of rotatable bonds is 8. The maximum absolute atomic E-state index is 14.8. The Bertz CT molecular complexity index is 1160. The summed E-state index contributed by atoms with van der Waals surface area (Å²) in [7, 11) is -3.98. The topological polar surface area (TPSA) is 152 Å². The molecular weight excluding hydrogens is 519 g/mol. The van der Waals surface area contributed by atoms with Crippen molar-refractivity contribution >= 4 is 41.6 Å². The van der Waals surface area contributed by atoms with E-state index in [1.807, 2.05) is 0 Å². The minimum atomic E-state index is -3.98. The molecule has 3 rings (SSSR count). The van der Waals surface area contributed by atoms with Crippen molar-refractivity contribution < 1.29 is 52.5 Å². The number of carbonyl (C=O) groups excluding carboxylic acids is 4. The van der Waals surface area contributed by atoms with E-state index < -0.39 is 67.6 Å². The van der Waals surface area contributed by atoms with E-state index in [4.69, 9.17) is 23.7 Å². The molecule has 2 aromatic carbocycles. The predicted octanol–water partition coefficient (Wildman–Crippen LogP) is 1.40. The second-order valence-electron chi connectivity index (χ2n) is 8.54. The minimum absolute atomic E-state index is 0.263. The first-order chi connectivity index (χ1) is 17.9. The zero-order chi connectivity index (χ0) is 28.0. The summed E-state index contributed by atoms with van der Waals surface area (Å²) in [5.41, 5.74) is 0. The molecular formula is C26H29O11P. The van der Waals surface area contributed by atoms with Gasteiger partial charge in [-0.25, -0.2) is 0 Å². The van der Waals surface area contributed by atoms with Crippen LogP contribution in [0.25, 0.3) is 0 Å². The summed E-state index contributed by atoms with van der Waals surface area (Å²) in [5.74, 6) is -5.29. The Morgan fingerprint density at radius 2 is 1.08 bits per heavy atom. The molecule has 6 unspecified atom stereocenters. The van der Waals surface area contributed by atoms with Crippen molar-refractivity contribution in [1.29, 1.82) is 0 Å². The van der Waals surface area contributed by atoms with Gasteiger partial charge in [0.05, 0.1) is 0 Å². The lowest BCUT2D eigenvalue weighted by molar-refractivity contribution is -0.302. The molecule has 2 aromatic rings. The third kappa shape index (κ3) is 6.48. The van der Waals surface area contributed by atoms with Crippen LogP contribution in [0.4, 0.5) is 0 Å². The van der Waals surface area contributed by atoms with Crippen LogP contribution in [0.5, 0.6) is 0 Å². The highest BCUT2D eigenvalue weighted by Crippen LogP contribution is 2.51. The molecule has 0 saturated carbocycles. The first kappa shape index (κ1) is 29.0. The van der Waals surface area contributed by atoms with Crippen LogP contribution < -0.4 is 10.6 Å². The molecule has 1 heterocycles. The van der Waals surface area contributed by atoms with Crippen molar-refractivity contribution in [1.82, 2.24) is 0 Å². The number of hydrogen-bond donors (Lipinski definition) is 1. The number of esters is 4. The van der Waals surface area contributed by atoms with Crippen molar-refractivity contribution in [3.63, 3.8) is 0 Å². The summed E-state index contributed by atoms with van der Waals surface area (Å²) in [4.78, 5) is 48.0. The standard InChI is InChI=1S/C26H29O11P/c1-15(27)33-21-22(34-16(2)28)24(35-17(3)29)26(36-18(4)30)37-23(21)25(31)38(32,19-11-7-5-8-12-19)20-13-9-6-10-14-20/h5-14,21-26,31H,1-4H3. The summed E-state index contributed by atoms with van der Waals surface area (Å²) < 4.78 is 41.9. The molecule has 12 heteroatoms. The molecule has 6 atom stereocenters. The van der Waals surface area contributed by atoms with Gasteiger partial charge in [0.1, 0.15) is 11.9 Å². The molecule has 11 nitrogen and oxygen atoms in total. The van der Waals surface area contributed by atoms with E-state index in [9.17, 15) is 28.8 Å². The number of carbonyl (C=O) groups is 4. The molecule has 0 radical (unpaired) electrons. The van der Waals surface area contributed by atoms with E-state index >= 15 is 0 Å². The van der Waals surface area contributed by atoms with E-state index in [0.29, 0.717) is 0 Å². The Morgan fingerprint density at radius 1 is 0.684 bits per heavy atom. The Kier molecular flexibility index (Phi) is 9.43. The third-order valence-electron chi connectivity index (χ3n) is 5.67. The number of aliphatic hydroxyl groups excluding tert-OH is 1. The highest BCUT2D eigenvalue weighted by Gasteiger charge is 2.58. The second kappa shape index (κ2) is 12.3. The van der Waals surface area contributed by atoms with Crippen LogP contribution in [0, 0.1) is 0 Å². The van der Waals surface area contributed by atoms with Gasteiger partial charge in [0.25, 0.3) is 0 Å². The summed E-state index contributed by atoms with van der Waals surface area (Å²) >= 11 is 0. The quantitative estimate of drug-likeness (QED) is 0.290. The average molecular weight is 548 g/mol. The van der Waals surface area contributed by atoms with Crippen LogP contribution in [0.2, 0.25) is 0 Å². The van der Waals surface area contributed by atoms with E-state index in [1.165, 1.54) is 0 Å². The number of ether oxygens (including phenoxy) is 5. The zero-order valence-electron chi connectivity index (χ0n) is 21.2. The third-order valence-corrected chi connectivity index (χ3v) is 8.83. The van der Waals surface area contributed by atoms with Crippen molar-refractivity contribution in [2.24, 2.45) is 0 Å². The summed E-state index contributed by atoms with van der Waals surface area (Å²) in [6.07, 6.45) is -8.12. The van der Waals surface area contributed by atoms with Crippen LogP contribution >= 0.6 is 7.14 Å². The van der Waals surface area contributed by atoms with Crippen molar-refractivity contribution in [2.45, 2.75) is 64.2 Å². The van der Waals surface area contributed by atoms with E-state index in [1.54, 1.807) is 60.7 Å². The fraction of sp³-hybridized carbons (Fsp3) is 0.385. The first-order valence-electron chi connectivity index (χ1n) is 11.7. The maximum atomic E-state index is 14.8. The van der Waals surface area contributed by atoms with E-state index in [2.05, 4.69) is 0 Å². The molecule has 1 fully saturated rings. The normalized spacial score (nSPS) is 24.0. The monoisotopic (exact) mass is 548 g/mol. The Labute approximate surface area is 219 Å². The lowest BCUT2D eigenvalue weighted by Gasteiger charge is -2.46. The fourth-order valence-corrected chi connectivity index (χ4v) is 7.06. The lowest BCUT2D eigenvalue weighted by atomic mass is 9.98. The van der Waals surface area contributed by atoms with Crippen LogP contribution in [0.15, 0.2) is 60.7 Å². The molecule has 1 saturated heterocycles. The van der Waals surface area contributed by atoms with Gasteiger partial charge in [-0.15, -0.1) is 0 Å². The van der Waals surface area contributed by atoms with Gasteiger partial charge in [-0.05, 0) is 0 Å². The fourth-order valence-electron chi connectivity index (χ4n) is 4.26. The predicted molar refractivity (Wildman–Crippen MR) is 133 cm³/mol. The van der Waals surface area contributed by atoms with E-state index in [0.717, 1.165) is 27.7 Å². The van der Waals surface area contributed by atoms with Gasteiger partial charge in [0, 0.05) is 38.3 Å². The molecule has 1 aliphatic rings. The summed E-state index contributed by atoms with van der Waals surface area (Å²) in [5, 5.41) is 12.3. The molecule has 0 aromatic heterocycles. The summed E-state index contributed by atoms with van der Waals surface area (Å²) in [6, 6.07) is 16.2. The average Bonchev–Trinajstić information content (AvgIpc) is 2.86. The van der Waals surface area contributed by atoms with Crippen LogP contribution in [0.1, 0.15) is 27.7 Å². The first-order valence-corrected chi connectivity index (χ1v) is 13.5. The molecule has 0 aliphatic carbocycles. The van der Waals surface area contributed by atoms with Crippen molar-refractivity contribution in [2.75, 3.05) is 0 Å². The highest BCUT2D eigenvalue weighted by molar-refractivity contribution is 7.79. The Balaban J connectivity index is 2.21. The van der Waals surface area contributed by atoms with Crippen LogP contribution in [-0.4, -0.2) is 65.5 Å². The van der Waals surface area contributed by atoms with Crippen LogP contribution in [-0.2, 0) is 47.4 Å². The van der Waals surface area contributed by atoms with Crippen LogP contribution in [0.3, 0.4) is 0 Å². The number of hydrogen-bond acceptors (Lipinski definition) is 11. The molecule has 1 N–H and O–H groups in total. The summed E-state index contributed by atoms with van der Waals surface area (Å²) in [6.45, 7) is 4.27. The van der Waals surface area contributed by atoms with Gasteiger partial charge >= 0.3 is 23.9 Å². The van der Waals surface area contributed by atoms with Gasteiger partial charge in [0.2, 0.25) is 12.4 Å². The Morgan fingerprint density at radius 3 is 1.50 bits per heavy atom. The van der Waals surface area contributed by atoms with Crippen molar-refractivity contribution in [3.8, 4) is 0 Å². The van der Waals surface area contributed by atoms with Crippen molar-refractivity contribution in [3.05, 3.63) is 60.7 Å². The molecule has 0 bridgehead atoms. The van der Waals surface area contributed by atoms with Gasteiger partial charge in [0.15, 0.2) is 19.3 Å². The molecule has 0 amide bonds. The minimum Gasteiger partial charge on any atom is -0.456 e. The van der Waals surface area contributed by atoms with Gasteiger partial charge < -0.3 is 33.4 Å². The Hall–Kier alpha value is -3.53. The highest BCUT2D eigenvalue weighted by atomic mass is 31.2. The van der Waals surface area contributed by atoms with E-state index in [-0.39, 0.29) is 10.6 Å². The van der Waals surface area contributed by atoms with Gasteiger partial charge in [-0.2, -0.15) is 0 Å². The second-order valence-corrected chi connectivity index (χ2v) is 11.4. The SMILES string of the molecule is CC(=O)OC1OC(C(O)P(=O)(c2ccccc2)c2ccccc2)C(OC(C)=O)C(OC(C)=O)C1OC(C)=O. The maximum Gasteiger partial charge on any atom is 0.305 e.